The zero-order chi connectivity index (χ0) is 36.5. The number of likely N-dealkylation sites (tertiary alicyclic amines) is 2. The van der Waals surface area contributed by atoms with Gasteiger partial charge in [0.2, 0.25) is 0 Å². The standard InChI is InChI=1S/C41H35N5O7/c47-35(34-13-7-23-43(34)39(49)50)45(29-14-15-30(45)17-16-29)36-33(25-27-9-3-1-4-10-27)42-38(53-36)46(31-18-19-32(46)21-20-31)37(48)41(22-8-24-44(41)40(51)52)26-28-11-5-2-6-12-28/h1-6,9-12,14-21,34H,7-8,13,22-26H2/p+2/t34-,41-/m0/s1. The van der Waals surface area contributed by atoms with Crippen LogP contribution in [-0.4, -0.2) is 73.7 Å². The Morgan fingerprint density at radius 1 is 0.755 bits per heavy atom. The van der Waals surface area contributed by atoms with Crippen molar-refractivity contribution < 1.29 is 33.8 Å². The van der Waals surface area contributed by atoms with E-state index in [0.717, 1.165) is 11.1 Å². The monoisotopic (exact) mass is 711 g/mol. The third kappa shape index (κ3) is 4.52. The molecule has 6 aliphatic rings. The van der Waals surface area contributed by atoms with Gasteiger partial charge in [0.25, 0.3) is 0 Å². The molecule has 7 heterocycles. The quantitative estimate of drug-likeness (QED) is 0.251. The van der Waals surface area contributed by atoms with Crippen LogP contribution in [0.15, 0.2) is 136 Å². The fraction of sp³-hybridized carbons (Fsp3) is 0.244. The molecule has 2 atom stereocenters. The molecule has 4 amide bonds. The van der Waals surface area contributed by atoms with Gasteiger partial charge in [-0.1, -0.05) is 60.7 Å². The maximum absolute atomic E-state index is 15.8. The molecule has 53 heavy (non-hydrogen) atoms. The first kappa shape index (κ1) is 32.8. The molecule has 2 aromatic carbocycles. The van der Waals surface area contributed by atoms with Gasteiger partial charge in [0.1, 0.15) is 0 Å². The number of amides is 4. The van der Waals surface area contributed by atoms with Crippen LogP contribution in [-0.2, 0) is 22.4 Å². The second kappa shape index (κ2) is 12.0. The predicted octanol–water partition coefficient (Wildman–Crippen LogP) is 6.53. The number of oxazole rings is 1. The van der Waals surface area contributed by atoms with E-state index in [1.54, 1.807) is 0 Å². The van der Waals surface area contributed by atoms with E-state index in [4.69, 9.17) is 9.40 Å². The largest absolute Gasteiger partial charge is 0.465 e. The van der Waals surface area contributed by atoms with Gasteiger partial charge >= 0.3 is 35.9 Å². The van der Waals surface area contributed by atoms with Gasteiger partial charge in [-0.15, -0.1) is 8.97 Å². The van der Waals surface area contributed by atoms with Gasteiger partial charge < -0.3 is 14.6 Å². The van der Waals surface area contributed by atoms with E-state index in [0.29, 0.717) is 54.2 Å². The molecule has 2 N–H and O–H groups in total. The van der Waals surface area contributed by atoms with Crippen molar-refractivity contribution in [2.24, 2.45) is 0 Å². The lowest BCUT2D eigenvalue weighted by molar-refractivity contribution is -0.137. The van der Waals surface area contributed by atoms with E-state index < -0.39 is 38.6 Å². The highest BCUT2D eigenvalue weighted by Gasteiger charge is 2.67. The van der Waals surface area contributed by atoms with Crippen molar-refractivity contribution in [2.75, 3.05) is 13.1 Å². The number of hydrogen-bond acceptors (Lipinski definition) is 6. The van der Waals surface area contributed by atoms with E-state index in [1.807, 2.05) is 109 Å². The second-order valence-corrected chi connectivity index (χ2v) is 14.3. The Kier molecular flexibility index (Phi) is 7.40. The van der Waals surface area contributed by atoms with Crippen LogP contribution in [0.4, 0.5) is 21.5 Å². The van der Waals surface area contributed by atoms with Gasteiger partial charge in [-0.2, -0.15) is 4.98 Å². The van der Waals surface area contributed by atoms with Gasteiger partial charge in [-0.3, -0.25) is 9.80 Å². The Labute approximate surface area is 305 Å². The second-order valence-electron chi connectivity index (χ2n) is 14.3. The highest BCUT2D eigenvalue weighted by molar-refractivity contribution is 6.05. The predicted molar refractivity (Wildman–Crippen MR) is 195 cm³/mol. The van der Waals surface area contributed by atoms with E-state index in [-0.39, 0.29) is 43.7 Å². The SMILES string of the molecule is O=C(O)N1CCC[C@H]1C(=O)[N+]1(c2oc([N+]3(C(=O)[C@@]4(Cc5ccccc5)CCCN4C(=O)O)C4=CC=C3C=C4)nc2Cc2ccccc2)C2=CC=C1C=C2. The molecule has 0 aliphatic carbocycles. The van der Waals surface area contributed by atoms with Gasteiger partial charge in [0.15, 0.2) is 40.1 Å². The molecular weight excluding hydrogens is 674 g/mol. The van der Waals surface area contributed by atoms with Crippen LogP contribution in [0.5, 0.6) is 0 Å². The number of fused-ring (bicyclic) bond motifs is 4. The van der Waals surface area contributed by atoms with Crippen LogP contribution < -0.4 is 8.97 Å². The maximum Gasteiger partial charge on any atom is 0.427 e. The molecule has 12 nitrogen and oxygen atoms in total. The minimum absolute atomic E-state index is 0.0000748. The summed E-state index contributed by atoms with van der Waals surface area (Å²) in [5.74, 6) is -0.608. The molecular formula is C41H37N5O7+2. The summed E-state index contributed by atoms with van der Waals surface area (Å²) in [7, 11) is 0. The first-order valence-electron chi connectivity index (χ1n) is 17.9. The third-order valence-electron chi connectivity index (χ3n) is 11.6. The number of rotatable bonds is 8. The molecule has 266 valence electrons. The summed E-state index contributed by atoms with van der Waals surface area (Å²) in [4.78, 5) is 63.9. The van der Waals surface area contributed by atoms with Crippen LogP contribution in [0.2, 0.25) is 0 Å². The average Bonchev–Trinajstić information content (AvgIpc) is 4.04. The smallest absolute Gasteiger partial charge is 0.427 e. The van der Waals surface area contributed by atoms with Crippen molar-refractivity contribution in [3.8, 4) is 0 Å². The van der Waals surface area contributed by atoms with Crippen molar-refractivity contribution in [3.63, 3.8) is 0 Å². The Morgan fingerprint density at radius 2 is 1.34 bits per heavy atom. The molecule has 0 spiro atoms. The number of nitrogens with zero attached hydrogens (tertiary/aromatic N) is 5. The summed E-state index contributed by atoms with van der Waals surface area (Å²) in [5.41, 5.74) is 2.95. The molecule has 0 saturated carbocycles. The van der Waals surface area contributed by atoms with Crippen molar-refractivity contribution in [3.05, 3.63) is 149 Å². The number of hydrogen-bond donors (Lipinski definition) is 2. The molecule has 9 rings (SSSR count). The van der Waals surface area contributed by atoms with Crippen molar-refractivity contribution in [2.45, 2.75) is 50.1 Å². The van der Waals surface area contributed by atoms with Crippen molar-refractivity contribution >= 4 is 35.9 Å². The summed E-state index contributed by atoms with van der Waals surface area (Å²) < 4.78 is 5.91. The number of carbonyl (C=O) groups is 4. The van der Waals surface area contributed by atoms with Gasteiger partial charge in [-0.05, 0) is 36.8 Å². The number of carbonyl (C=O) groups excluding carboxylic acids is 2. The molecule has 2 saturated heterocycles. The van der Waals surface area contributed by atoms with Gasteiger partial charge in [-0.25, -0.2) is 19.2 Å². The van der Waals surface area contributed by atoms with Crippen LogP contribution in [0, 0.1) is 0 Å². The summed E-state index contributed by atoms with van der Waals surface area (Å²) in [6, 6.07) is 18.1. The third-order valence-corrected chi connectivity index (χ3v) is 11.6. The van der Waals surface area contributed by atoms with E-state index in [1.165, 1.54) is 9.80 Å². The number of aromatic nitrogens is 1. The Morgan fingerprint density at radius 3 is 1.91 bits per heavy atom. The fourth-order valence-corrected chi connectivity index (χ4v) is 9.23. The van der Waals surface area contributed by atoms with Crippen molar-refractivity contribution in [1.82, 2.24) is 23.7 Å². The summed E-state index contributed by atoms with van der Waals surface area (Å²) in [6.07, 6.45) is 14.4. The molecule has 12 heteroatoms. The summed E-state index contributed by atoms with van der Waals surface area (Å²) >= 11 is 0. The summed E-state index contributed by atoms with van der Waals surface area (Å²) in [6.45, 7) is 0.432. The molecule has 6 aliphatic heterocycles. The lowest BCUT2D eigenvalue weighted by atomic mass is 9.85. The highest BCUT2D eigenvalue weighted by atomic mass is 16.4. The lowest BCUT2D eigenvalue weighted by Crippen LogP contribution is -2.65. The van der Waals surface area contributed by atoms with E-state index in [9.17, 15) is 19.8 Å². The maximum atomic E-state index is 15.8. The normalized spacial score (nSPS) is 24.0. The number of allylic oxidation sites excluding steroid dienone is 8. The van der Waals surface area contributed by atoms with Crippen LogP contribution in [0.1, 0.15) is 42.5 Å². The van der Waals surface area contributed by atoms with Crippen LogP contribution in [0.3, 0.4) is 0 Å². The fourth-order valence-electron chi connectivity index (χ4n) is 9.23. The Bertz CT molecular complexity index is 2240. The molecule has 1 aromatic heterocycles. The first-order valence-corrected chi connectivity index (χ1v) is 17.9. The Hall–Kier alpha value is -6.11. The minimum atomic E-state index is -1.47. The first-order chi connectivity index (χ1) is 25.7. The molecule has 0 radical (unpaired) electrons. The summed E-state index contributed by atoms with van der Waals surface area (Å²) in [5, 5.41) is 20.7. The average molecular weight is 712 g/mol. The van der Waals surface area contributed by atoms with E-state index in [2.05, 4.69) is 0 Å². The number of carboxylic acid groups (broad SMARTS) is 2. The zero-order valence-corrected chi connectivity index (χ0v) is 28.8. The molecule has 3 aromatic rings. The zero-order valence-electron chi connectivity index (χ0n) is 28.8. The van der Waals surface area contributed by atoms with E-state index >= 15 is 9.59 Å². The molecule has 2 fully saturated rings. The van der Waals surface area contributed by atoms with Gasteiger partial charge in [0, 0.05) is 74.5 Å². The Balaban J connectivity index is 1.26. The highest BCUT2D eigenvalue weighted by Crippen LogP contribution is 2.54. The number of quaternary nitrogens is 2. The van der Waals surface area contributed by atoms with Gasteiger partial charge in [0.05, 0.1) is 0 Å². The molecule has 4 bridgehead atoms. The lowest BCUT2D eigenvalue weighted by Gasteiger charge is -2.39. The van der Waals surface area contributed by atoms with Crippen molar-refractivity contribution in [1.29, 1.82) is 0 Å². The minimum Gasteiger partial charge on any atom is -0.465 e. The molecule has 0 unspecified atom stereocenters. The topological polar surface area (TPSA) is 141 Å². The van der Waals surface area contributed by atoms with Crippen LogP contribution >= 0.6 is 0 Å². The number of benzene rings is 2. The van der Waals surface area contributed by atoms with Crippen LogP contribution in [0.25, 0.3) is 0 Å².